The molecular formula is C14H19NO4. The Morgan fingerprint density at radius 1 is 1.47 bits per heavy atom. The molecule has 1 aliphatic heterocycles. The molecule has 1 fully saturated rings. The molecule has 1 saturated heterocycles. The van der Waals surface area contributed by atoms with Gasteiger partial charge in [-0.3, -0.25) is 0 Å². The van der Waals surface area contributed by atoms with E-state index in [2.05, 4.69) is 0 Å². The highest BCUT2D eigenvalue weighted by atomic mass is 16.5. The Labute approximate surface area is 112 Å². The molecule has 1 aromatic carbocycles. The second kappa shape index (κ2) is 6.14. The molecular weight excluding hydrogens is 246 g/mol. The first-order chi connectivity index (χ1) is 9.13. The lowest BCUT2D eigenvalue weighted by Crippen LogP contribution is -2.49. The lowest BCUT2D eigenvalue weighted by atomic mass is 9.92. The van der Waals surface area contributed by atoms with Crippen LogP contribution in [0.2, 0.25) is 0 Å². The molecule has 0 spiro atoms. The predicted octanol–water partition coefficient (Wildman–Crippen LogP) is 0.978. The number of hydrogen-bond donors (Lipinski definition) is 2. The summed E-state index contributed by atoms with van der Waals surface area (Å²) >= 11 is 0. The number of rotatable bonds is 6. The number of aliphatic carboxylic acids is 1. The van der Waals surface area contributed by atoms with Gasteiger partial charge in [0.05, 0.1) is 19.8 Å². The number of carbonyl (C=O) groups is 1. The fraction of sp³-hybridized carbons (Fsp3) is 0.500. The van der Waals surface area contributed by atoms with Gasteiger partial charge in [-0.25, -0.2) is 4.79 Å². The summed E-state index contributed by atoms with van der Waals surface area (Å²) in [7, 11) is 0. The van der Waals surface area contributed by atoms with Crippen LogP contribution in [0.25, 0.3) is 0 Å². The van der Waals surface area contributed by atoms with E-state index in [4.69, 9.17) is 15.2 Å². The summed E-state index contributed by atoms with van der Waals surface area (Å²) < 4.78 is 10.8. The SMILES string of the molecule is NC(COCC1CCOC1)(C(=O)O)c1ccccc1. The van der Waals surface area contributed by atoms with E-state index in [9.17, 15) is 9.90 Å². The Bertz CT molecular complexity index is 417. The van der Waals surface area contributed by atoms with Crippen molar-refractivity contribution in [3.05, 3.63) is 35.9 Å². The van der Waals surface area contributed by atoms with Gasteiger partial charge in [-0.05, 0) is 12.0 Å². The van der Waals surface area contributed by atoms with Crippen LogP contribution in [0.4, 0.5) is 0 Å². The minimum absolute atomic E-state index is 0.0388. The van der Waals surface area contributed by atoms with Crippen molar-refractivity contribution in [2.45, 2.75) is 12.0 Å². The number of ether oxygens (including phenoxy) is 2. The van der Waals surface area contributed by atoms with Crippen molar-refractivity contribution < 1.29 is 19.4 Å². The summed E-state index contributed by atoms with van der Waals surface area (Å²) in [6.07, 6.45) is 0.954. The normalized spacial score (nSPS) is 22.1. The molecule has 1 aromatic rings. The van der Waals surface area contributed by atoms with Crippen molar-refractivity contribution in [2.24, 2.45) is 11.7 Å². The molecule has 1 heterocycles. The van der Waals surface area contributed by atoms with Crippen LogP contribution in [0.1, 0.15) is 12.0 Å². The maximum Gasteiger partial charge on any atom is 0.330 e. The average Bonchev–Trinajstić information content (AvgIpc) is 2.92. The van der Waals surface area contributed by atoms with Crippen LogP contribution in [0.5, 0.6) is 0 Å². The number of nitrogens with two attached hydrogens (primary N) is 1. The fourth-order valence-corrected chi connectivity index (χ4v) is 2.11. The number of carboxylic acids is 1. The first-order valence-electron chi connectivity index (χ1n) is 6.36. The van der Waals surface area contributed by atoms with Crippen LogP contribution in [0.3, 0.4) is 0 Å². The van der Waals surface area contributed by atoms with Crippen molar-refractivity contribution >= 4 is 5.97 Å². The lowest BCUT2D eigenvalue weighted by molar-refractivity contribution is -0.146. The molecule has 0 bridgehead atoms. The number of hydrogen-bond acceptors (Lipinski definition) is 4. The summed E-state index contributed by atoms with van der Waals surface area (Å²) in [4.78, 5) is 11.4. The Balaban J connectivity index is 1.97. The Hall–Kier alpha value is -1.43. The molecule has 0 amide bonds. The van der Waals surface area contributed by atoms with Gasteiger partial charge in [0.2, 0.25) is 0 Å². The van der Waals surface area contributed by atoms with E-state index in [0.29, 0.717) is 24.7 Å². The van der Waals surface area contributed by atoms with Crippen LogP contribution >= 0.6 is 0 Å². The second-order valence-corrected chi connectivity index (χ2v) is 4.89. The third-order valence-electron chi connectivity index (χ3n) is 3.38. The lowest BCUT2D eigenvalue weighted by Gasteiger charge is -2.25. The highest BCUT2D eigenvalue weighted by Gasteiger charge is 2.36. The maximum atomic E-state index is 11.4. The van der Waals surface area contributed by atoms with Gasteiger partial charge in [0.1, 0.15) is 0 Å². The number of benzene rings is 1. The Morgan fingerprint density at radius 3 is 2.79 bits per heavy atom. The molecule has 5 nitrogen and oxygen atoms in total. The van der Waals surface area contributed by atoms with E-state index in [1.54, 1.807) is 24.3 Å². The highest BCUT2D eigenvalue weighted by Crippen LogP contribution is 2.20. The van der Waals surface area contributed by atoms with Gasteiger partial charge < -0.3 is 20.3 Å². The van der Waals surface area contributed by atoms with Gasteiger partial charge in [0.15, 0.2) is 5.54 Å². The van der Waals surface area contributed by atoms with Gasteiger partial charge in [0.25, 0.3) is 0 Å². The van der Waals surface area contributed by atoms with Gasteiger partial charge in [0, 0.05) is 12.5 Å². The van der Waals surface area contributed by atoms with Gasteiger partial charge in [-0.15, -0.1) is 0 Å². The van der Waals surface area contributed by atoms with Crippen molar-refractivity contribution in [2.75, 3.05) is 26.4 Å². The minimum Gasteiger partial charge on any atom is -0.480 e. The number of carboxylic acid groups (broad SMARTS) is 1. The Kier molecular flexibility index (Phi) is 4.52. The van der Waals surface area contributed by atoms with E-state index < -0.39 is 11.5 Å². The third-order valence-corrected chi connectivity index (χ3v) is 3.38. The molecule has 0 saturated carbocycles. The standard InChI is InChI=1S/C14H19NO4/c15-14(13(16)17,12-4-2-1-3-5-12)10-19-9-11-6-7-18-8-11/h1-5,11H,6-10,15H2,(H,16,17). The minimum atomic E-state index is -1.50. The highest BCUT2D eigenvalue weighted by molar-refractivity contribution is 5.80. The fourth-order valence-electron chi connectivity index (χ4n) is 2.11. The monoisotopic (exact) mass is 265 g/mol. The molecule has 0 aromatic heterocycles. The van der Waals surface area contributed by atoms with Crippen molar-refractivity contribution in [3.63, 3.8) is 0 Å². The molecule has 104 valence electrons. The topological polar surface area (TPSA) is 81.8 Å². The van der Waals surface area contributed by atoms with Gasteiger partial charge in [-0.1, -0.05) is 30.3 Å². The summed E-state index contributed by atoms with van der Waals surface area (Å²) in [5, 5.41) is 9.35. The summed E-state index contributed by atoms with van der Waals surface area (Å²) in [5.74, 6) is -0.741. The van der Waals surface area contributed by atoms with Gasteiger partial charge >= 0.3 is 5.97 Å². The van der Waals surface area contributed by atoms with Crippen LogP contribution in [0.15, 0.2) is 30.3 Å². The smallest absolute Gasteiger partial charge is 0.330 e. The largest absolute Gasteiger partial charge is 0.480 e. The molecule has 0 radical (unpaired) electrons. The zero-order valence-corrected chi connectivity index (χ0v) is 10.7. The van der Waals surface area contributed by atoms with Crippen LogP contribution < -0.4 is 5.73 Å². The molecule has 1 aliphatic rings. The zero-order valence-electron chi connectivity index (χ0n) is 10.7. The van der Waals surface area contributed by atoms with Gasteiger partial charge in [-0.2, -0.15) is 0 Å². The molecule has 2 atom stereocenters. The molecule has 19 heavy (non-hydrogen) atoms. The average molecular weight is 265 g/mol. The summed E-state index contributed by atoms with van der Waals surface area (Å²) in [5.41, 5.74) is 5.04. The third kappa shape index (κ3) is 3.32. The quantitative estimate of drug-likeness (QED) is 0.801. The Morgan fingerprint density at radius 2 is 2.21 bits per heavy atom. The van der Waals surface area contributed by atoms with E-state index in [1.807, 2.05) is 6.07 Å². The predicted molar refractivity (Wildman–Crippen MR) is 69.7 cm³/mol. The molecule has 5 heteroatoms. The first kappa shape index (κ1) is 14.0. The molecule has 2 unspecified atom stereocenters. The maximum absolute atomic E-state index is 11.4. The summed E-state index contributed by atoms with van der Waals surface area (Å²) in [6.45, 7) is 1.87. The van der Waals surface area contributed by atoms with Crippen molar-refractivity contribution in [3.8, 4) is 0 Å². The zero-order chi connectivity index (χ0) is 13.7. The van der Waals surface area contributed by atoms with Crippen LogP contribution in [0, 0.1) is 5.92 Å². The van der Waals surface area contributed by atoms with Crippen molar-refractivity contribution in [1.29, 1.82) is 0 Å². The second-order valence-electron chi connectivity index (χ2n) is 4.89. The molecule has 2 rings (SSSR count). The van der Waals surface area contributed by atoms with E-state index in [-0.39, 0.29) is 6.61 Å². The van der Waals surface area contributed by atoms with E-state index >= 15 is 0 Å². The first-order valence-corrected chi connectivity index (χ1v) is 6.36. The molecule has 3 N–H and O–H groups in total. The van der Waals surface area contributed by atoms with E-state index in [0.717, 1.165) is 13.0 Å². The van der Waals surface area contributed by atoms with Crippen LogP contribution in [-0.4, -0.2) is 37.5 Å². The van der Waals surface area contributed by atoms with E-state index in [1.165, 1.54) is 0 Å². The van der Waals surface area contributed by atoms with Crippen molar-refractivity contribution in [1.82, 2.24) is 0 Å². The van der Waals surface area contributed by atoms with Crippen LogP contribution in [-0.2, 0) is 19.8 Å². The molecule has 0 aliphatic carbocycles. The summed E-state index contributed by atoms with van der Waals surface area (Å²) in [6, 6.07) is 8.77.